The van der Waals surface area contributed by atoms with Gasteiger partial charge in [-0.1, -0.05) is 24.3 Å². The third kappa shape index (κ3) is 6.80. The highest BCUT2D eigenvalue weighted by Gasteiger charge is 2.35. The van der Waals surface area contributed by atoms with Crippen molar-refractivity contribution in [3.05, 3.63) is 71.0 Å². The fourth-order valence-corrected chi connectivity index (χ4v) is 3.66. The largest absolute Gasteiger partial charge is 0.416 e. The Morgan fingerprint density at radius 3 is 2.42 bits per heavy atom. The number of rotatable bonds is 5. The number of nitrogens with zero attached hydrogens (tertiary/aromatic N) is 1. The molecule has 4 nitrogen and oxygen atoms in total. The van der Waals surface area contributed by atoms with E-state index in [1.807, 2.05) is 6.07 Å². The van der Waals surface area contributed by atoms with E-state index in [1.54, 1.807) is 25.2 Å². The second-order valence-electron chi connectivity index (χ2n) is 7.38. The van der Waals surface area contributed by atoms with E-state index in [2.05, 4.69) is 15.6 Å². The molecule has 9 heteroatoms. The van der Waals surface area contributed by atoms with Crippen molar-refractivity contribution in [1.29, 1.82) is 0 Å². The SMILES string of the molecule is CN=C(NCc1cccc(C(F)(F)F)c1)NCC1(c2cccc(F)c2)CCOCC1.I. The van der Waals surface area contributed by atoms with Gasteiger partial charge in [0.25, 0.3) is 0 Å². The molecule has 3 rings (SSSR count). The number of ether oxygens (including phenoxy) is 1. The summed E-state index contributed by atoms with van der Waals surface area (Å²) in [6.07, 6.45) is -2.92. The Morgan fingerprint density at radius 2 is 1.77 bits per heavy atom. The minimum absolute atomic E-state index is 0. The minimum Gasteiger partial charge on any atom is -0.381 e. The van der Waals surface area contributed by atoms with E-state index < -0.39 is 11.7 Å². The summed E-state index contributed by atoms with van der Waals surface area (Å²) in [4.78, 5) is 4.17. The van der Waals surface area contributed by atoms with Crippen LogP contribution in [-0.4, -0.2) is 32.8 Å². The van der Waals surface area contributed by atoms with Gasteiger partial charge in [0.1, 0.15) is 5.82 Å². The molecule has 1 heterocycles. The van der Waals surface area contributed by atoms with Gasteiger partial charge >= 0.3 is 6.18 Å². The number of benzene rings is 2. The molecule has 0 unspecified atom stereocenters. The van der Waals surface area contributed by atoms with Crippen LogP contribution in [0.4, 0.5) is 17.6 Å². The molecule has 0 aliphatic carbocycles. The lowest BCUT2D eigenvalue weighted by atomic mass is 9.74. The monoisotopic (exact) mass is 551 g/mol. The van der Waals surface area contributed by atoms with Crippen molar-refractivity contribution >= 4 is 29.9 Å². The van der Waals surface area contributed by atoms with Crippen molar-refractivity contribution in [1.82, 2.24) is 10.6 Å². The number of aliphatic imine (C=N–C) groups is 1. The molecule has 2 aromatic carbocycles. The third-order valence-corrected chi connectivity index (χ3v) is 5.42. The zero-order valence-corrected chi connectivity index (χ0v) is 19.5. The summed E-state index contributed by atoms with van der Waals surface area (Å²) in [5.74, 6) is 0.181. The summed E-state index contributed by atoms with van der Waals surface area (Å²) < 4.78 is 58.0. The first-order valence-electron chi connectivity index (χ1n) is 9.77. The maximum atomic E-state index is 13.8. The van der Waals surface area contributed by atoms with Crippen LogP contribution in [-0.2, 0) is 22.9 Å². The summed E-state index contributed by atoms with van der Waals surface area (Å²) in [7, 11) is 1.60. The lowest BCUT2D eigenvalue weighted by molar-refractivity contribution is -0.137. The van der Waals surface area contributed by atoms with Crippen LogP contribution in [0.2, 0.25) is 0 Å². The quantitative estimate of drug-likeness (QED) is 0.241. The molecule has 1 saturated heterocycles. The Hall–Kier alpha value is -1.88. The molecule has 1 aliphatic heterocycles. The standard InChI is InChI=1S/C22H25F4N3O.HI/c1-27-20(28-14-16-4-2-6-18(12-16)22(24,25)26)29-15-21(8-10-30-11-9-21)17-5-3-7-19(23)13-17;/h2-7,12-13H,8-11,14-15H2,1H3,(H2,27,28,29);1H. The molecule has 1 fully saturated rings. The van der Waals surface area contributed by atoms with E-state index in [4.69, 9.17) is 4.74 Å². The number of alkyl halides is 3. The summed E-state index contributed by atoms with van der Waals surface area (Å²) in [5, 5.41) is 6.30. The molecule has 1 aliphatic rings. The van der Waals surface area contributed by atoms with Crippen LogP contribution in [0.25, 0.3) is 0 Å². The van der Waals surface area contributed by atoms with E-state index in [-0.39, 0.29) is 41.8 Å². The smallest absolute Gasteiger partial charge is 0.381 e. The molecule has 0 aromatic heterocycles. The summed E-state index contributed by atoms with van der Waals surface area (Å²) in [6.45, 7) is 1.85. The summed E-state index contributed by atoms with van der Waals surface area (Å²) in [6, 6.07) is 11.7. The molecule has 31 heavy (non-hydrogen) atoms. The van der Waals surface area contributed by atoms with Crippen molar-refractivity contribution in [3.8, 4) is 0 Å². The zero-order valence-electron chi connectivity index (χ0n) is 17.1. The Bertz CT molecular complexity index is 883. The van der Waals surface area contributed by atoms with Crippen LogP contribution in [0, 0.1) is 5.82 Å². The Balaban J connectivity index is 0.00000341. The van der Waals surface area contributed by atoms with Crippen molar-refractivity contribution in [2.45, 2.75) is 31.0 Å². The minimum atomic E-state index is -4.38. The first-order chi connectivity index (χ1) is 14.3. The van der Waals surface area contributed by atoms with Gasteiger partial charge in [-0.2, -0.15) is 13.2 Å². The van der Waals surface area contributed by atoms with Crippen molar-refractivity contribution < 1.29 is 22.3 Å². The molecule has 0 bridgehead atoms. The highest BCUT2D eigenvalue weighted by molar-refractivity contribution is 14.0. The fourth-order valence-electron chi connectivity index (χ4n) is 3.66. The topological polar surface area (TPSA) is 45.7 Å². The van der Waals surface area contributed by atoms with Gasteiger partial charge in [-0.05, 0) is 48.2 Å². The van der Waals surface area contributed by atoms with E-state index >= 15 is 0 Å². The van der Waals surface area contributed by atoms with Gasteiger partial charge in [0.05, 0.1) is 5.56 Å². The third-order valence-electron chi connectivity index (χ3n) is 5.42. The Kier molecular flexibility index (Phi) is 9.11. The number of hydrogen-bond donors (Lipinski definition) is 2. The van der Waals surface area contributed by atoms with Gasteiger partial charge in [0, 0.05) is 38.8 Å². The second kappa shape index (κ2) is 11.1. The van der Waals surface area contributed by atoms with E-state index in [1.165, 1.54) is 12.1 Å². The molecule has 0 amide bonds. The lowest BCUT2D eigenvalue weighted by Gasteiger charge is -2.38. The second-order valence-corrected chi connectivity index (χ2v) is 7.38. The normalized spacial score (nSPS) is 16.4. The van der Waals surface area contributed by atoms with Crippen molar-refractivity contribution in [2.24, 2.45) is 4.99 Å². The highest BCUT2D eigenvalue weighted by Crippen LogP contribution is 2.34. The average molecular weight is 551 g/mol. The van der Waals surface area contributed by atoms with Crippen LogP contribution in [0.15, 0.2) is 53.5 Å². The number of halogens is 5. The van der Waals surface area contributed by atoms with Crippen LogP contribution in [0.1, 0.15) is 29.5 Å². The van der Waals surface area contributed by atoms with Gasteiger partial charge in [0.2, 0.25) is 0 Å². The fraction of sp³-hybridized carbons (Fsp3) is 0.409. The predicted molar refractivity (Wildman–Crippen MR) is 123 cm³/mol. The van der Waals surface area contributed by atoms with Crippen LogP contribution < -0.4 is 10.6 Å². The Labute approximate surface area is 196 Å². The number of nitrogens with one attached hydrogen (secondary N) is 2. The van der Waals surface area contributed by atoms with Gasteiger partial charge in [-0.3, -0.25) is 4.99 Å². The lowest BCUT2D eigenvalue weighted by Crippen LogP contribution is -2.48. The van der Waals surface area contributed by atoms with Gasteiger partial charge in [-0.15, -0.1) is 24.0 Å². The first kappa shape index (κ1) is 25.4. The summed E-state index contributed by atoms with van der Waals surface area (Å²) in [5.41, 5.74) is 0.399. The molecule has 0 atom stereocenters. The molecule has 2 N–H and O–H groups in total. The number of guanidine groups is 1. The number of hydrogen-bond acceptors (Lipinski definition) is 2. The van der Waals surface area contributed by atoms with E-state index in [0.717, 1.165) is 30.5 Å². The van der Waals surface area contributed by atoms with Gasteiger partial charge in [0.15, 0.2) is 5.96 Å². The molecule has 0 saturated carbocycles. The maximum absolute atomic E-state index is 13.8. The first-order valence-corrected chi connectivity index (χ1v) is 9.77. The van der Waals surface area contributed by atoms with E-state index in [9.17, 15) is 17.6 Å². The van der Waals surface area contributed by atoms with Crippen molar-refractivity contribution in [3.63, 3.8) is 0 Å². The maximum Gasteiger partial charge on any atom is 0.416 e. The zero-order chi connectivity index (χ0) is 21.6. The molecule has 2 aromatic rings. The molecule has 0 spiro atoms. The molecular weight excluding hydrogens is 525 g/mol. The molecular formula is C22H26F4IN3O. The van der Waals surface area contributed by atoms with Gasteiger partial charge < -0.3 is 15.4 Å². The van der Waals surface area contributed by atoms with Crippen LogP contribution >= 0.6 is 24.0 Å². The van der Waals surface area contributed by atoms with E-state index in [0.29, 0.717) is 31.3 Å². The van der Waals surface area contributed by atoms with Gasteiger partial charge in [-0.25, -0.2) is 4.39 Å². The van der Waals surface area contributed by atoms with Crippen molar-refractivity contribution in [2.75, 3.05) is 26.8 Å². The van der Waals surface area contributed by atoms with Crippen LogP contribution in [0.3, 0.4) is 0 Å². The van der Waals surface area contributed by atoms with Crippen LogP contribution in [0.5, 0.6) is 0 Å². The molecule has 0 radical (unpaired) electrons. The average Bonchev–Trinajstić information content (AvgIpc) is 2.74. The predicted octanol–water partition coefficient (Wildman–Crippen LogP) is 4.88. The summed E-state index contributed by atoms with van der Waals surface area (Å²) >= 11 is 0. The molecule has 170 valence electrons. The Morgan fingerprint density at radius 1 is 1.06 bits per heavy atom. The highest BCUT2D eigenvalue weighted by atomic mass is 127.